The summed E-state index contributed by atoms with van der Waals surface area (Å²) in [6.07, 6.45) is 0.192. The molecular formula is C41H52O8P4. The molecule has 0 N–H and O–H groups in total. The Bertz CT molecular complexity index is 1870. The van der Waals surface area contributed by atoms with Crippen LogP contribution in [0.2, 0.25) is 0 Å². The summed E-state index contributed by atoms with van der Waals surface area (Å²) in [7, 11) is -13.7. The van der Waals surface area contributed by atoms with Gasteiger partial charge in [0.15, 0.2) is 0 Å². The number of aryl methyl sites for hydroxylation is 8. The molecule has 0 radical (unpaired) electrons. The van der Waals surface area contributed by atoms with Crippen LogP contribution in [0.15, 0.2) is 72.8 Å². The van der Waals surface area contributed by atoms with Gasteiger partial charge in [-0.05, 0) is 104 Å². The Morgan fingerprint density at radius 3 is 0.849 bits per heavy atom. The van der Waals surface area contributed by atoms with Gasteiger partial charge in [0.1, 0.15) is 14.3 Å². The van der Waals surface area contributed by atoms with Crippen LogP contribution < -0.4 is 21.2 Å². The molecule has 0 bridgehead atoms. The van der Waals surface area contributed by atoms with Crippen molar-refractivity contribution in [3.05, 3.63) is 117 Å². The van der Waals surface area contributed by atoms with Gasteiger partial charge >= 0.3 is 15.2 Å². The lowest BCUT2D eigenvalue weighted by molar-refractivity contribution is -0.0680. The van der Waals surface area contributed by atoms with E-state index < -0.39 is 34.9 Å². The Kier molecular flexibility index (Phi) is 11.6. The molecule has 1 spiro atoms. The van der Waals surface area contributed by atoms with E-state index in [1.165, 1.54) is 0 Å². The van der Waals surface area contributed by atoms with Crippen molar-refractivity contribution in [2.75, 3.05) is 51.1 Å². The monoisotopic (exact) mass is 796 g/mol. The van der Waals surface area contributed by atoms with Crippen molar-refractivity contribution in [1.29, 1.82) is 0 Å². The van der Waals surface area contributed by atoms with E-state index >= 15 is 9.13 Å². The van der Waals surface area contributed by atoms with Crippen LogP contribution in [0.25, 0.3) is 0 Å². The van der Waals surface area contributed by atoms with Crippen LogP contribution in [-0.4, -0.2) is 51.1 Å². The molecule has 0 amide bonds. The molecule has 284 valence electrons. The third-order valence-corrected chi connectivity index (χ3v) is 20.6. The van der Waals surface area contributed by atoms with Crippen molar-refractivity contribution >= 4 is 50.7 Å². The van der Waals surface area contributed by atoms with E-state index in [1.807, 2.05) is 128 Å². The number of benzene rings is 4. The van der Waals surface area contributed by atoms with Crippen molar-refractivity contribution in [3.8, 4) is 0 Å². The first-order chi connectivity index (χ1) is 24.8. The predicted octanol–water partition coefficient (Wildman–Crippen LogP) is 8.95. The standard InChI is InChI=1S/C41H52O8P4/c1-29-13-30(2)18-37(17-29)50(42,38-19-31(3)14-32(4)20-38)9-11-52(44)46-25-41(26-47-52)27-48-53(45,49-28-41)12-10-51(43,39-21-33(5)15-34(6)22-39)40-23-35(7)16-36(8)24-40/h13-24H,9-12,25-28H2,1-8H3. The molecule has 0 aliphatic carbocycles. The Morgan fingerprint density at radius 2 is 0.642 bits per heavy atom. The molecule has 0 aromatic heterocycles. The van der Waals surface area contributed by atoms with Crippen molar-refractivity contribution in [2.24, 2.45) is 5.41 Å². The minimum absolute atomic E-state index is 0.0192. The fourth-order valence-corrected chi connectivity index (χ4v) is 19.2. The molecule has 4 aromatic carbocycles. The summed E-state index contributed by atoms with van der Waals surface area (Å²) in [6, 6.07) is 23.8. The fourth-order valence-electron chi connectivity index (χ4n) is 7.50. The largest absolute Gasteiger partial charge is 0.331 e. The normalized spacial score (nSPS) is 23.7. The third kappa shape index (κ3) is 9.04. The Balaban J connectivity index is 1.14. The summed E-state index contributed by atoms with van der Waals surface area (Å²) >= 11 is 0. The van der Waals surface area contributed by atoms with Crippen molar-refractivity contribution in [2.45, 2.75) is 55.4 Å². The van der Waals surface area contributed by atoms with E-state index in [0.29, 0.717) is 0 Å². The minimum atomic E-state index is -3.63. The van der Waals surface area contributed by atoms with Gasteiger partial charge in [-0.25, -0.2) is 0 Å². The van der Waals surface area contributed by atoms with Gasteiger partial charge in [-0.3, -0.25) is 9.13 Å². The molecule has 53 heavy (non-hydrogen) atoms. The molecule has 4 aromatic rings. The first kappa shape index (κ1) is 40.3. The quantitative estimate of drug-likeness (QED) is 0.147. The SMILES string of the molecule is Cc1cc(C)cc(P(=O)(CCP2(=O)OCC3(CO2)COP(=O)(CCP(=O)(c2cc(C)cc(C)c2)c2cc(C)cc(C)c2)OC3)c2cc(C)cc(C)c2)c1. The predicted molar refractivity (Wildman–Crippen MR) is 218 cm³/mol. The van der Waals surface area contributed by atoms with Crippen LogP contribution in [-0.2, 0) is 36.4 Å². The van der Waals surface area contributed by atoms with Gasteiger partial charge in [-0.2, -0.15) is 0 Å². The summed E-state index contributed by atoms with van der Waals surface area (Å²) in [5.41, 5.74) is 7.28. The molecule has 6 rings (SSSR count). The van der Waals surface area contributed by atoms with E-state index in [2.05, 4.69) is 0 Å². The maximum atomic E-state index is 15.0. The molecule has 2 aliphatic heterocycles. The highest BCUT2D eigenvalue weighted by Gasteiger charge is 2.49. The molecule has 2 aliphatic rings. The van der Waals surface area contributed by atoms with E-state index in [4.69, 9.17) is 18.1 Å². The lowest BCUT2D eigenvalue weighted by Gasteiger charge is -2.43. The van der Waals surface area contributed by atoms with Gasteiger partial charge in [0.05, 0.1) is 44.2 Å². The highest BCUT2D eigenvalue weighted by molar-refractivity contribution is 7.79. The minimum Gasteiger partial charge on any atom is -0.314 e. The Labute approximate surface area is 315 Å². The van der Waals surface area contributed by atoms with E-state index in [0.717, 1.165) is 65.7 Å². The number of rotatable bonds is 10. The highest BCUT2D eigenvalue weighted by Crippen LogP contribution is 2.62. The second-order valence-corrected chi connectivity index (χ2v) is 25.9. The molecule has 8 nitrogen and oxygen atoms in total. The highest BCUT2D eigenvalue weighted by atomic mass is 31.2. The van der Waals surface area contributed by atoms with Gasteiger partial charge in [-0.1, -0.05) is 68.8 Å². The average molecular weight is 797 g/mol. The Hall–Kier alpha value is -2.36. The van der Waals surface area contributed by atoms with Gasteiger partial charge in [0.2, 0.25) is 0 Å². The summed E-state index contributed by atoms with van der Waals surface area (Å²) in [5.74, 6) is 0. The van der Waals surface area contributed by atoms with Gasteiger partial charge in [-0.15, -0.1) is 0 Å². The summed E-state index contributed by atoms with van der Waals surface area (Å²) < 4.78 is 82.0. The van der Waals surface area contributed by atoms with E-state index in [9.17, 15) is 9.13 Å². The van der Waals surface area contributed by atoms with E-state index in [1.54, 1.807) is 0 Å². The number of hydrogen-bond donors (Lipinski definition) is 0. The summed E-state index contributed by atoms with van der Waals surface area (Å²) in [5, 5.41) is 2.91. The van der Waals surface area contributed by atoms with Gasteiger partial charge in [0.25, 0.3) is 0 Å². The second-order valence-electron chi connectivity index (χ2n) is 15.6. The molecule has 2 fully saturated rings. The number of hydrogen-bond acceptors (Lipinski definition) is 8. The van der Waals surface area contributed by atoms with Crippen LogP contribution in [0.1, 0.15) is 44.5 Å². The molecule has 0 atom stereocenters. The van der Waals surface area contributed by atoms with Gasteiger partial charge in [0, 0.05) is 33.5 Å². The van der Waals surface area contributed by atoms with Crippen molar-refractivity contribution < 1.29 is 36.4 Å². The molecule has 12 heteroatoms. The van der Waals surface area contributed by atoms with Crippen LogP contribution in [0.4, 0.5) is 0 Å². The Morgan fingerprint density at radius 1 is 0.434 bits per heavy atom. The van der Waals surface area contributed by atoms with E-state index in [-0.39, 0.29) is 51.1 Å². The smallest absolute Gasteiger partial charge is 0.314 e. The van der Waals surface area contributed by atoms with Gasteiger partial charge < -0.3 is 27.2 Å². The van der Waals surface area contributed by atoms with Crippen molar-refractivity contribution in [3.63, 3.8) is 0 Å². The summed E-state index contributed by atoms with van der Waals surface area (Å²) in [6.45, 7) is 16.0. The first-order valence-corrected chi connectivity index (χ1v) is 25.4. The fraction of sp³-hybridized carbons (Fsp3) is 0.415. The molecular weight excluding hydrogens is 744 g/mol. The van der Waals surface area contributed by atoms with Crippen molar-refractivity contribution in [1.82, 2.24) is 0 Å². The van der Waals surface area contributed by atoms with Crippen LogP contribution in [0.3, 0.4) is 0 Å². The zero-order chi connectivity index (χ0) is 38.4. The lowest BCUT2D eigenvalue weighted by atomic mass is 9.93. The molecule has 0 saturated carbocycles. The zero-order valence-corrected chi connectivity index (χ0v) is 35.7. The summed E-state index contributed by atoms with van der Waals surface area (Å²) in [4.78, 5) is 0. The maximum Gasteiger partial charge on any atom is 0.331 e. The average Bonchev–Trinajstić information content (AvgIpc) is 3.07. The maximum absolute atomic E-state index is 15.0. The zero-order valence-electron chi connectivity index (χ0n) is 32.1. The topological polar surface area (TPSA) is 105 Å². The molecule has 2 heterocycles. The second kappa shape index (κ2) is 15.3. The lowest BCUT2D eigenvalue weighted by Crippen LogP contribution is -2.46. The van der Waals surface area contributed by atoms with Crippen LogP contribution in [0.5, 0.6) is 0 Å². The van der Waals surface area contributed by atoms with Crippen LogP contribution >= 0.6 is 29.5 Å². The molecule has 0 unspecified atom stereocenters. The van der Waals surface area contributed by atoms with Crippen LogP contribution in [0, 0.1) is 60.8 Å². The first-order valence-electron chi connectivity index (χ1n) is 18.1. The third-order valence-electron chi connectivity index (χ3n) is 10.1. The molecule has 2 saturated heterocycles.